The number of allylic oxidation sites excluding steroid dienone is 4. The first-order valence-electron chi connectivity index (χ1n) is 23.3. The Balaban J connectivity index is 1.14. The smallest absolute Gasteiger partial charge is 0.0720 e. The molecule has 2 heteroatoms. The van der Waals surface area contributed by atoms with E-state index < -0.39 is 10.8 Å². The van der Waals surface area contributed by atoms with Crippen LogP contribution >= 0.6 is 0 Å². The molecule has 0 fully saturated rings. The number of hydrogen-bond donors (Lipinski definition) is 0. The van der Waals surface area contributed by atoms with Crippen LogP contribution in [0.1, 0.15) is 68.5 Å². The highest BCUT2D eigenvalue weighted by molar-refractivity contribution is 5.99. The van der Waals surface area contributed by atoms with Crippen LogP contribution in [0.2, 0.25) is 0 Å². The first-order chi connectivity index (χ1) is 32.7. The Morgan fingerprint density at radius 1 is 0.485 bits per heavy atom. The molecule has 0 aliphatic heterocycles. The third-order valence-corrected chi connectivity index (χ3v) is 14.8. The number of benzene rings is 9. The second-order valence-electron chi connectivity index (χ2n) is 18.1. The second-order valence-corrected chi connectivity index (χ2v) is 18.1. The Morgan fingerprint density at radius 2 is 1.05 bits per heavy atom. The normalized spacial score (nSPS) is 15.4. The van der Waals surface area contributed by atoms with E-state index in [4.69, 9.17) is 4.99 Å². The lowest BCUT2D eigenvalue weighted by atomic mass is 9.52. The zero-order chi connectivity index (χ0) is 43.8. The van der Waals surface area contributed by atoms with Gasteiger partial charge in [-0.25, -0.2) is 0 Å². The van der Waals surface area contributed by atoms with Gasteiger partial charge in [0.25, 0.3) is 0 Å². The summed E-state index contributed by atoms with van der Waals surface area (Å²) in [5.41, 5.74) is 21.1. The van der Waals surface area contributed by atoms with Crippen molar-refractivity contribution >= 4 is 40.1 Å². The molecule has 2 nitrogen and oxygen atoms in total. The number of aryl methyl sites for hydroxylation is 1. The quantitative estimate of drug-likeness (QED) is 0.152. The molecule has 66 heavy (non-hydrogen) atoms. The maximum Gasteiger partial charge on any atom is 0.0720 e. The Morgan fingerprint density at radius 3 is 1.68 bits per heavy atom. The number of hydrogen-bond acceptors (Lipinski definition) is 2. The maximum atomic E-state index is 5.20. The van der Waals surface area contributed by atoms with Crippen molar-refractivity contribution in [1.29, 1.82) is 0 Å². The Bertz CT molecular complexity index is 3480. The van der Waals surface area contributed by atoms with Crippen molar-refractivity contribution < 1.29 is 0 Å². The van der Waals surface area contributed by atoms with Crippen LogP contribution in [0.5, 0.6) is 0 Å². The summed E-state index contributed by atoms with van der Waals surface area (Å²) in [6, 6.07) is 75.1. The summed E-state index contributed by atoms with van der Waals surface area (Å²) in [4.78, 5) is 7.72. The summed E-state index contributed by atoms with van der Waals surface area (Å²) in [6.07, 6.45) is 15.3. The van der Waals surface area contributed by atoms with Gasteiger partial charge in [0.1, 0.15) is 0 Å². The molecule has 0 bridgehead atoms. The first-order valence-corrected chi connectivity index (χ1v) is 23.3. The Hall–Kier alpha value is -8.07. The van der Waals surface area contributed by atoms with Gasteiger partial charge in [-0.2, -0.15) is 0 Å². The fourth-order valence-electron chi connectivity index (χ4n) is 12.1. The molecule has 0 N–H and O–H groups in total. The Labute approximate surface area is 386 Å². The fraction of sp³-hybridized carbons (Fsp3) is 0.0781. The first kappa shape index (κ1) is 38.4. The average molecular weight is 843 g/mol. The number of aliphatic imine (C=N–C) groups is 1. The summed E-state index contributed by atoms with van der Waals surface area (Å²) in [5, 5.41) is 2.45. The summed E-state index contributed by atoms with van der Waals surface area (Å²) in [7, 11) is 0. The molecule has 9 aromatic carbocycles. The van der Waals surface area contributed by atoms with Gasteiger partial charge in [-0.3, -0.25) is 4.99 Å². The van der Waals surface area contributed by atoms with Crippen LogP contribution in [0.4, 0.5) is 17.1 Å². The van der Waals surface area contributed by atoms with Crippen LogP contribution < -0.4 is 4.90 Å². The van der Waals surface area contributed by atoms with Crippen molar-refractivity contribution in [3.8, 4) is 22.3 Å². The van der Waals surface area contributed by atoms with Gasteiger partial charge < -0.3 is 4.90 Å². The molecule has 0 unspecified atom stereocenters. The summed E-state index contributed by atoms with van der Waals surface area (Å²) >= 11 is 0. The van der Waals surface area contributed by atoms with Gasteiger partial charge in [0.2, 0.25) is 0 Å². The molecule has 4 aliphatic carbocycles. The number of nitrogens with zero attached hydrogens (tertiary/aromatic N) is 2. The number of anilines is 2. The summed E-state index contributed by atoms with van der Waals surface area (Å²) in [5.74, 6) is 0. The van der Waals surface area contributed by atoms with Crippen LogP contribution in [0, 0.1) is 6.92 Å². The third kappa shape index (κ3) is 5.39. The third-order valence-electron chi connectivity index (χ3n) is 14.8. The molecular weight excluding hydrogens is 797 g/mol. The summed E-state index contributed by atoms with van der Waals surface area (Å²) in [6.45, 7) is 2.15. The number of rotatable bonds is 6. The van der Waals surface area contributed by atoms with E-state index in [0.29, 0.717) is 0 Å². The van der Waals surface area contributed by atoms with E-state index >= 15 is 0 Å². The zero-order valence-electron chi connectivity index (χ0n) is 36.8. The molecule has 0 amide bonds. The summed E-state index contributed by atoms with van der Waals surface area (Å²) < 4.78 is 0. The van der Waals surface area contributed by atoms with E-state index in [1.807, 2.05) is 6.21 Å². The van der Waals surface area contributed by atoms with Gasteiger partial charge in [0, 0.05) is 23.0 Å². The van der Waals surface area contributed by atoms with Crippen LogP contribution in [-0.4, -0.2) is 6.21 Å². The van der Waals surface area contributed by atoms with Crippen LogP contribution in [0.25, 0.3) is 39.1 Å². The minimum atomic E-state index is -0.639. The van der Waals surface area contributed by atoms with Gasteiger partial charge in [-0.15, -0.1) is 0 Å². The van der Waals surface area contributed by atoms with Gasteiger partial charge in [0.05, 0.1) is 22.2 Å². The molecule has 9 aromatic rings. The second kappa shape index (κ2) is 15.0. The largest absolute Gasteiger partial charge is 0.310 e. The molecule has 0 heterocycles. The van der Waals surface area contributed by atoms with Crippen molar-refractivity contribution in [1.82, 2.24) is 0 Å². The van der Waals surface area contributed by atoms with E-state index in [0.717, 1.165) is 24.2 Å². The molecule has 13 rings (SSSR count). The van der Waals surface area contributed by atoms with Crippen LogP contribution in [-0.2, 0) is 10.8 Å². The lowest BCUT2D eigenvalue weighted by Gasteiger charge is -2.49. The zero-order valence-corrected chi connectivity index (χ0v) is 36.8. The number of fused-ring (bicyclic) bond motifs is 17. The molecule has 312 valence electrons. The van der Waals surface area contributed by atoms with Crippen LogP contribution in [0.15, 0.2) is 235 Å². The van der Waals surface area contributed by atoms with Gasteiger partial charge in [-0.1, -0.05) is 188 Å². The predicted octanol–water partition coefficient (Wildman–Crippen LogP) is 16.0. The molecule has 0 saturated carbocycles. The van der Waals surface area contributed by atoms with Crippen molar-refractivity contribution in [2.45, 2.75) is 30.6 Å². The van der Waals surface area contributed by atoms with E-state index in [9.17, 15) is 0 Å². The topological polar surface area (TPSA) is 15.6 Å². The molecule has 4 aliphatic rings. The highest BCUT2D eigenvalue weighted by Gasteiger charge is 2.59. The van der Waals surface area contributed by atoms with Crippen molar-refractivity contribution in [3.63, 3.8) is 0 Å². The monoisotopic (exact) mass is 842 g/mol. The SMILES string of the molecule is Cc1ccccc1/C=C\C=Nc1ccc2c(c1)C1(c3ccccc3-c3ccccc31)c1ccc(N(C3=CCCC=C3)c3cccc4ccccc34)cc1C21c2ccccc2-c2ccccc21. The van der Waals surface area contributed by atoms with Crippen molar-refractivity contribution in [2.75, 3.05) is 4.90 Å². The Kier molecular flexibility index (Phi) is 8.73. The van der Waals surface area contributed by atoms with E-state index in [1.165, 1.54) is 100 Å². The van der Waals surface area contributed by atoms with Crippen molar-refractivity contribution in [3.05, 3.63) is 286 Å². The molecule has 0 atom stereocenters. The molecular formula is C64H46N2. The standard InChI is InChI=1S/C64H46N2/c1-43-19-5-6-20-44(43)23-18-40-65-46-36-38-58-60(41-46)63(54-31-13-9-27-50(54)51-28-10-14-32-55(51)63)59-39-37-48(42-61(59)64(58)56-33-15-11-29-52(56)53-30-12-16-34-57(53)64)66(47-24-3-2-4-25-47)62-35-17-22-45-21-7-8-26-49(45)62/h3,5-42H,2,4H2,1H3/b23-18-,65-40?. The fourth-order valence-corrected chi connectivity index (χ4v) is 12.1. The minimum Gasteiger partial charge on any atom is -0.310 e. The van der Waals surface area contributed by atoms with Gasteiger partial charge in [-0.05, 0) is 146 Å². The lowest BCUT2D eigenvalue weighted by molar-refractivity contribution is 0.633. The van der Waals surface area contributed by atoms with Crippen molar-refractivity contribution in [2.24, 2.45) is 4.99 Å². The highest BCUT2D eigenvalue weighted by atomic mass is 15.1. The molecule has 0 aromatic heterocycles. The van der Waals surface area contributed by atoms with E-state index in [-0.39, 0.29) is 0 Å². The average Bonchev–Trinajstić information content (AvgIpc) is 3.84. The van der Waals surface area contributed by atoms with Crippen LogP contribution in [0.3, 0.4) is 0 Å². The lowest BCUT2D eigenvalue weighted by Crippen LogP contribution is -2.44. The minimum absolute atomic E-state index is 0.634. The molecule has 0 saturated heterocycles. The van der Waals surface area contributed by atoms with E-state index in [2.05, 4.69) is 242 Å². The maximum absolute atomic E-state index is 5.20. The molecule has 0 radical (unpaired) electrons. The predicted molar refractivity (Wildman–Crippen MR) is 276 cm³/mol. The molecule has 2 spiro atoms. The van der Waals surface area contributed by atoms with Gasteiger partial charge >= 0.3 is 0 Å². The highest BCUT2D eigenvalue weighted by Crippen LogP contribution is 2.68. The van der Waals surface area contributed by atoms with Gasteiger partial charge in [0.15, 0.2) is 0 Å². The van der Waals surface area contributed by atoms with E-state index in [1.54, 1.807) is 0 Å².